The van der Waals surface area contributed by atoms with Gasteiger partial charge in [-0.15, -0.1) is 0 Å². The van der Waals surface area contributed by atoms with Crippen molar-refractivity contribution in [3.63, 3.8) is 0 Å². The molecule has 2 heteroatoms. The fraction of sp³-hybridized carbons (Fsp3) is 0.600. The summed E-state index contributed by atoms with van der Waals surface area (Å²) in [7, 11) is 0. The highest BCUT2D eigenvalue weighted by atomic mass is 16.5. The lowest BCUT2D eigenvalue weighted by atomic mass is 9.97. The molecule has 0 aromatic heterocycles. The minimum Gasteiger partial charge on any atom is -0.491 e. The van der Waals surface area contributed by atoms with Gasteiger partial charge in [-0.1, -0.05) is 26.0 Å². The zero-order valence-corrected chi connectivity index (χ0v) is 11.5. The topological polar surface area (TPSA) is 21.3 Å². The largest absolute Gasteiger partial charge is 0.491 e. The van der Waals surface area contributed by atoms with Crippen molar-refractivity contribution in [1.82, 2.24) is 5.32 Å². The molecular formula is C15H25NO. The van der Waals surface area contributed by atoms with Crippen LogP contribution in [0.4, 0.5) is 0 Å². The van der Waals surface area contributed by atoms with E-state index >= 15 is 0 Å². The fourth-order valence-electron chi connectivity index (χ4n) is 1.83. The Morgan fingerprint density at radius 3 is 2.65 bits per heavy atom. The van der Waals surface area contributed by atoms with Gasteiger partial charge < -0.3 is 10.1 Å². The highest BCUT2D eigenvalue weighted by molar-refractivity contribution is 5.30. The average Bonchev–Trinajstić information content (AvgIpc) is 2.28. The minimum atomic E-state index is 0.238. The lowest BCUT2D eigenvalue weighted by molar-refractivity contribution is 0.242. The summed E-state index contributed by atoms with van der Waals surface area (Å²) in [4.78, 5) is 0. The standard InChI is InChI=1S/C15H25NO/c1-5-16-10-9-13(4)14-7-6-8-15(11-14)17-12(2)3/h6-8,11-13,16H,5,9-10H2,1-4H3. The van der Waals surface area contributed by atoms with E-state index in [1.807, 2.05) is 6.07 Å². The molecule has 0 spiro atoms. The first-order valence-corrected chi connectivity index (χ1v) is 6.60. The molecule has 0 heterocycles. The van der Waals surface area contributed by atoms with E-state index in [1.54, 1.807) is 0 Å². The van der Waals surface area contributed by atoms with Crippen molar-refractivity contribution < 1.29 is 4.74 Å². The molecule has 1 rings (SSSR count). The van der Waals surface area contributed by atoms with Crippen LogP contribution in [0.25, 0.3) is 0 Å². The van der Waals surface area contributed by atoms with Gasteiger partial charge >= 0.3 is 0 Å². The summed E-state index contributed by atoms with van der Waals surface area (Å²) in [5, 5.41) is 3.36. The normalized spacial score (nSPS) is 12.8. The second-order valence-corrected chi connectivity index (χ2v) is 4.78. The molecular weight excluding hydrogens is 210 g/mol. The fourth-order valence-corrected chi connectivity index (χ4v) is 1.83. The summed E-state index contributed by atoms with van der Waals surface area (Å²) in [6.07, 6.45) is 1.40. The van der Waals surface area contributed by atoms with Crippen LogP contribution >= 0.6 is 0 Å². The maximum atomic E-state index is 5.72. The Morgan fingerprint density at radius 1 is 1.24 bits per heavy atom. The van der Waals surface area contributed by atoms with Crippen molar-refractivity contribution in [2.45, 2.75) is 46.1 Å². The summed E-state index contributed by atoms with van der Waals surface area (Å²) in [5.74, 6) is 1.55. The molecule has 0 aliphatic carbocycles. The number of hydrogen-bond donors (Lipinski definition) is 1. The first kappa shape index (κ1) is 14.0. The summed E-state index contributed by atoms with van der Waals surface area (Å²) in [5.41, 5.74) is 1.36. The SMILES string of the molecule is CCNCCC(C)c1cccc(OC(C)C)c1. The van der Waals surface area contributed by atoms with E-state index < -0.39 is 0 Å². The van der Waals surface area contributed by atoms with Crippen molar-refractivity contribution in [2.75, 3.05) is 13.1 Å². The molecule has 1 N–H and O–H groups in total. The van der Waals surface area contributed by atoms with E-state index in [2.05, 4.69) is 51.2 Å². The zero-order valence-electron chi connectivity index (χ0n) is 11.5. The highest BCUT2D eigenvalue weighted by Crippen LogP contribution is 2.23. The maximum absolute atomic E-state index is 5.72. The third-order valence-electron chi connectivity index (χ3n) is 2.80. The van der Waals surface area contributed by atoms with Gasteiger partial charge in [-0.3, -0.25) is 0 Å². The van der Waals surface area contributed by atoms with Gasteiger partial charge in [-0.05, 0) is 57.0 Å². The van der Waals surface area contributed by atoms with Gasteiger partial charge in [0.25, 0.3) is 0 Å². The van der Waals surface area contributed by atoms with Gasteiger partial charge in [0, 0.05) is 0 Å². The first-order chi connectivity index (χ1) is 8.13. The molecule has 96 valence electrons. The zero-order chi connectivity index (χ0) is 12.7. The summed E-state index contributed by atoms with van der Waals surface area (Å²) in [6, 6.07) is 8.46. The number of ether oxygens (including phenoxy) is 1. The van der Waals surface area contributed by atoms with Gasteiger partial charge in [0.2, 0.25) is 0 Å². The monoisotopic (exact) mass is 235 g/mol. The van der Waals surface area contributed by atoms with Gasteiger partial charge in [-0.25, -0.2) is 0 Å². The van der Waals surface area contributed by atoms with Crippen molar-refractivity contribution in [3.8, 4) is 5.75 Å². The van der Waals surface area contributed by atoms with E-state index in [4.69, 9.17) is 4.74 Å². The van der Waals surface area contributed by atoms with E-state index in [1.165, 1.54) is 12.0 Å². The minimum absolute atomic E-state index is 0.238. The van der Waals surface area contributed by atoms with E-state index in [0.29, 0.717) is 5.92 Å². The molecule has 0 aliphatic heterocycles. The Kier molecular flexibility index (Phi) is 6.06. The Labute approximate surface area is 105 Å². The Morgan fingerprint density at radius 2 is 2.00 bits per heavy atom. The number of hydrogen-bond acceptors (Lipinski definition) is 2. The van der Waals surface area contributed by atoms with Crippen LogP contribution in [0, 0.1) is 0 Å². The smallest absolute Gasteiger partial charge is 0.119 e. The number of nitrogens with one attached hydrogen (secondary N) is 1. The van der Waals surface area contributed by atoms with Crippen LogP contribution in [0.1, 0.15) is 45.6 Å². The second-order valence-electron chi connectivity index (χ2n) is 4.78. The maximum Gasteiger partial charge on any atom is 0.119 e. The third kappa shape index (κ3) is 5.22. The lowest BCUT2D eigenvalue weighted by Gasteiger charge is -2.15. The molecule has 1 aromatic carbocycles. The molecule has 1 unspecified atom stereocenters. The van der Waals surface area contributed by atoms with E-state index in [9.17, 15) is 0 Å². The van der Waals surface area contributed by atoms with Crippen LogP contribution in [0.3, 0.4) is 0 Å². The summed E-state index contributed by atoms with van der Waals surface area (Å²) in [6.45, 7) is 10.6. The lowest BCUT2D eigenvalue weighted by Crippen LogP contribution is -2.16. The third-order valence-corrected chi connectivity index (χ3v) is 2.80. The molecule has 0 bridgehead atoms. The Balaban J connectivity index is 2.57. The Bertz CT molecular complexity index is 322. The molecule has 1 atom stereocenters. The van der Waals surface area contributed by atoms with Crippen LogP contribution in [0.15, 0.2) is 24.3 Å². The van der Waals surface area contributed by atoms with Gasteiger partial charge in [0.05, 0.1) is 6.10 Å². The van der Waals surface area contributed by atoms with Crippen LogP contribution in [0.5, 0.6) is 5.75 Å². The van der Waals surface area contributed by atoms with Crippen LogP contribution in [-0.2, 0) is 0 Å². The summed E-state index contributed by atoms with van der Waals surface area (Å²) < 4.78 is 5.72. The molecule has 2 nitrogen and oxygen atoms in total. The van der Waals surface area contributed by atoms with E-state index in [0.717, 1.165) is 18.8 Å². The van der Waals surface area contributed by atoms with Crippen LogP contribution < -0.4 is 10.1 Å². The number of benzene rings is 1. The van der Waals surface area contributed by atoms with Gasteiger partial charge in [-0.2, -0.15) is 0 Å². The van der Waals surface area contributed by atoms with E-state index in [-0.39, 0.29) is 6.10 Å². The first-order valence-electron chi connectivity index (χ1n) is 6.60. The highest BCUT2D eigenvalue weighted by Gasteiger charge is 2.06. The molecule has 0 fully saturated rings. The molecule has 0 saturated heterocycles. The molecule has 0 amide bonds. The predicted molar refractivity (Wildman–Crippen MR) is 73.8 cm³/mol. The quantitative estimate of drug-likeness (QED) is 0.729. The average molecular weight is 235 g/mol. The van der Waals surface area contributed by atoms with Gasteiger partial charge in [0.15, 0.2) is 0 Å². The van der Waals surface area contributed by atoms with Gasteiger partial charge in [0.1, 0.15) is 5.75 Å². The number of rotatable bonds is 7. The van der Waals surface area contributed by atoms with Crippen molar-refractivity contribution >= 4 is 0 Å². The molecule has 0 saturated carbocycles. The summed E-state index contributed by atoms with van der Waals surface area (Å²) >= 11 is 0. The van der Waals surface area contributed by atoms with Crippen molar-refractivity contribution in [1.29, 1.82) is 0 Å². The van der Waals surface area contributed by atoms with Crippen molar-refractivity contribution in [2.24, 2.45) is 0 Å². The molecule has 17 heavy (non-hydrogen) atoms. The van der Waals surface area contributed by atoms with Crippen LogP contribution in [-0.4, -0.2) is 19.2 Å². The predicted octanol–water partition coefficient (Wildman–Crippen LogP) is 3.58. The molecule has 0 radical (unpaired) electrons. The van der Waals surface area contributed by atoms with Crippen molar-refractivity contribution in [3.05, 3.63) is 29.8 Å². The molecule has 0 aliphatic rings. The van der Waals surface area contributed by atoms with Crippen LogP contribution in [0.2, 0.25) is 0 Å². The Hall–Kier alpha value is -1.02. The second kappa shape index (κ2) is 7.33. The molecule has 1 aromatic rings.